The molecule has 0 fully saturated rings. The van der Waals surface area contributed by atoms with Crippen molar-refractivity contribution in [2.24, 2.45) is 11.8 Å². The number of nitrogens with zero attached hydrogens (tertiary/aromatic N) is 2. The molecule has 2 aliphatic carbocycles. The van der Waals surface area contributed by atoms with E-state index in [0.29, 0.717) is 11.8 Å². The van der Waals surface area contributed by atoms with Gasteiger partial charge in [0.05, 0.1) is 21.5 Å². The fraction of sp³-hybridized carbons (Fsp3) is 0.406. The molecule has 1 aromatic heterocycles. The van der Waals surface area contributed by atoms with Gasteiger partial charge in [0.25, 0.3) is 0 Å². The lowest BCUT2D eigenvalue weighted by molar-refractivity contribution is -0.671. The lowest BCUT2D eigenvalue weighted by Crippen LogP contribution is -2.36. The molecule has 2 heterocycles. The number of benzene rings is 2. The van der Waals surface area contributed by atoms with E-state index in [1.54, 1.807) is 12.5 Å². The molecule has 1 aliphatic heterocycles. The molecule has 3 aromatic rings. The number of anilines is 1. The minimum Gasteiger partial charge on any atom is -0.335 e. The molecule has 0 N–H and O–H groups in total. The highest BCUT2D eigenvalue weighted by Gasteiger charge is 2.30. The van der Waals surface area contributed by atoms with Crippen LogP contribution in [0.25, 0.3) is 10.2 Å². The van der Waals surface area contributed by atoms with Gasteiger partial charge in [-0.3, -0.25) is 8.42 Å². The van der Waals surface area contributed by atoms with Crippen LogP contribution in [0.1, 0.15) is 44.5 Å². The van der Waals surface area contributed by atoms with Gasteiger partial charge in [0.2, 0.25) is 10.5 Å². The van der Waals surface area contributed by atoms with Crippen LogP contribution in [0.2, 0.25) is 0 Å². The van der Waals surface area contributed by atoms with Crippen LogP contribution in [-0.2, 0) is 34.6 Å². The molecule has 4 nitrogen and oxygen atoms in total. The molecule has 8 heteroatoms. The molecule has 0 saturated heterocycles. The summed E-state index contributed by atoms with van der Waals surface area (Å²) in [4.78, 5) is 5.41. The summed E-state index contributed by atoms with van der Waals surface area (Å²) in [7, 11) is -1.94. The number of thioether (sulfide) groups is 1. The molecule has 0 saturated carbocycles. The zero-order valence-electron chi connectivity index (χ0n) is 23.6. The predicted octanol–water partition coefficient (Wildman–Crippen LogP) is 7.37. The first-order chi connectivity index (χ1) is 19.3. The zero-order chi connectivity index (χ0) is 28.0. The Kier molecular flexibility index (Phi) is 8.23. The van der Waals surface area contributed by atoms with Crippen LogP contribution in [0.15, 0.2) is 85.5 Å². The highest BCUT2D eigenvalue weighted by molar-refractivity contribution is 8.03. The van der Waals surface area contributed by atoms with Gasteiger partial charge in [0.15, 0.2) is 0 Å². The molecule has 210 valence electrons. The zero-order valence-corrected chi connectivity index (χ0v) is 26.9. The maximum atomic E-state index is 12.1. The topological polar surface area (TPSA) is 41.3 Å². The summed E-state index contributed by atoms with van der Waals surface area (Å²) >= 11 is 3.73. The minimum absolute atomic E-state index is 0.547. The van der Waals surface area contributed by atoms with Crippen molar-refractivity contribution in [2.45, 2.75) is 67.2 Å². The number of aryl methyl sites for hydroxylation is 1. The SMILES string of the molecule is CCN1C(=CC2=CC3=CC(Cc4sc5ccc(S(C)=O)cc5[n+]4CC)CCC3CC2)Sc2ccc(S(C)=O)cc21. The maximum Gasteiger partial charge on any atom is 0.238 e. The van der Waals surface area contributed by atoms with Crippen LogP contribution < -0.4 is 9.47 Å². The van der Waals surface area contributed by atoms with Crippen molar-refractivity contribution in [3.05, 3.63) is 75.8 Å². The summed E-state index contributed by atoms with van der Waals surface area (Å²) < 4.78 is 27.9. The molecule has 4 unspecified atom stereocenters. The molecule has 0 amide bonds. The van der Waals surface area contributed by atoms with Gasteiger partial charge in [0, 0.05) is 57.0 Å². The van der Waals surface area contributed by atoms with Gasteiger partial charge in [-0.05, 0) is 98.9 Å². The highest BCUT2D eigenvalue weighted by atomic mass is 32.2. The summed E-state index contributed by atoms with van der Waals surface area (Å²) in [5.41, 5.74) is 5.34. The van der Waals surface area contributed by atoms with Gasteiger partial charge < -0.3 is 4.90 Å². The van der Waals surface area contributed by atoms with E-state index in [1.807, 2.05) is 35.2 Å². The Morgan fingerprint density at radius 3 is 2.55 bits per heavy atom. The van der Waals surface area contributed by atoms with E-state index in [-0.39, 0.29) is 0 Å². The van der Waals surface area contributed by atoms with E-state index in [4.69, 9.17) is 0 Å². The monoisotopic (exact) mass is 609 g/mol. The number of thiazole rings is 1. The summed E-state index contributed by atoms with van der Waals surface area (Å²) in [6.45, 7) is 6.24. The average molecular weight is 610 g/mol. The van der Waals surface area contributed by atoms with E-state index in [1.165, 1.54) is 61.2 Å². The molecule has 0 spiro atoms. The highest BCUT2D eigenvalue weighted by Crippen LogP contribution is 2.48. The Labute approximate surface area is 251 Å². The van der Waals surface area contributed by atoms with E-state index < -0.39 is 21.6 Å². The third kappa shape index (κ3) is 5.44. The number of aromatic nitrogens is 1. The Balaban J connectivity index is 1.25. The summed E-state index contributed by atoms with van der Waals surface area (Å²) in [5.74, 6) is 1.23. The summed E-state index contributed by atoms with van der Waals surface area (Å²) in [6.07, 6.45) is 16.9. The fourth-order valence-electron chi connectivity index (χ4n) is 6.32. The van der Waals surface area contributed by atoms with Gasteiger partial charge in [-0.2, -0.15) is 4.57 Å². The smallest absolute Gasteiger partial charge is 0.238 e. The van der Waals surface area contributed by atoms with Crippen LogP contribution in [-0.4, -0.2) is 27.5 Å². The van der Waals surface area contributed by atoms with Gasteiger partial charge in [-0.15, -0.1) is 0 Å². The van der Waals surface area contributed by atoms with Crippen LogP contribution >= 0.6 is 23.1 Å². The Morgan fingerprint density at radius 2 is 1.80 bits per heavy atom. The van der Waals surface area contributed by atoms with Crippen molar-refractivity contribution in [1.29, 1.82) is 0 Å². The number of rotatable bonds is 7. The van der Waals surface area contributed by atoms with Gasteiger partial charge in [-0.1, -0.05) is 35.3 Å². The quantitative estimate of drug-likeness (QED) is 0.262. The van der Waals surface area contributed by atoms with Crippen LogP contribution in [0.3, 0.4) is 0 Å². The molecule has 0 radical (unpaired) electrons. The Morgan fingerprint density at radius 1 is 1.02 bits per heavy atom. The van der Waals surface area contributed by atoms with Crippen molar-refractivity contribution < 1.29 is 13.0 Å². The fourth-order valence-corrected chi connectivity index (χ4v) is 9.87. The largest absolute Gasteiger partial charge is 0.335 e. The van der Waals surface area contributed by atoms with Crippen LogP contribution in [0.4, 0.5) is 5.69 Å². The van der Waals surface area contributed by atoms with Crippen LogP contribution in [0, 0.1) is 11.8 Å². The molecule has 0 bridgehead atoms. The van der Waals surface area contributed by atoms with E-state index in [9.17, 15) is 8.42 Å². The molecule has 2 aromatic carbocycles. The van der Waals surface area contributed by atoms with Gasteiger partial charge in [-0.25, -0.2) is 0 Å². The molecular weight excluding hydrogens is 573 g/mol. The first kappa shape index (κ1) is 28.1. The second-order valence-corrected chi connectivity index (χ2v) is 15.8. The molecule has 40 heavy (non-hydrogen) atoms. The van der Waals surface area contributed by atoms with Gasteiger partial charge >= 0.3 is 0 Å². The lowest BCUT2D eigenvalue weighted by atomic mass is 9.75. The minimum atomic E-state index is -0.976. The molecule has 4 atom stereocenters. The number of hydrogen-bond acceptors (Lipinski definition) is 5. The Hall–Kier alpha value is -2.00. The number of fused-ring (bicyclic) bond motifs is 3. The van der Waals surface area contributed by atoms with E-state index in [2.05, 4.69) is 65.8 Å². The van der Waals surface area contributed by atoms with Crippen molar-refractivity contribution in [2.75, 3.05) is 24.0 Å². The standard InChI is InChI=1S/C32H37N2O2S4/c1-5-33-27-19-25(39(3)35)11-13-29(27)37-31(33)17-21-7-9-23-10-8-22(16-24(23)15-21)18-32-34(6-2)28-20-26(40(4)36)12-14-30(28)38-32/h11-17,19-20,22-23H,5-10,18H2,1-4H3/q+1. The number of hydrogen-bond donors (Lipinski definition) is 0. The molecular formula is C32H37N2O2S4+. The van der Waals surface area contributed by atoms with Crippen molar-refractivity contribution in [3.8, 4) is 0 Å². The molecule has 6 rings (SSSR count). The third-order valence-corrected chi connectivity index (χ3v) is 12.5. The first-order valence-corrected chi connectivity index (χ1v) is 18.9. The Bertz CT molecular complexity index is 1620. The predicted molar refractivity (Wildman–Crippen MR) is 171 cm³/mol. The number of allylic oxidation sites excluding steroid dienone is 5. The second kappa shape index (κ2) is 11.7. The summed E-state index contributed by atoms with van der Waals surface area (Å²) in [5, 5.41) is 2.70. The summed E-state index contributed by atoms with van der Waals surface area (Å²) in [6, 6.07) is 12.5. The van der Waals surface area contributed by atoms with Gasteiger partial charge in [0.1, 0.15) is 11.2 Å². The van der Waals surface area contributed by atoms with Crippen molar-refractivity contribution in [1.82, 2.24) is 0 Å². The average Bonchev–Trinajstić information content (AvgIpc) is 3.47. The van der Waals surface area contributed by atoms with E-state index >= 15 is 0 Å². The lowest BCUT2D eigenvalue weighted by Gasteiger charge is -2.31. The molecule has 3 aliphatic rings. The van der Waals surface area contributed by atoms with Crippen LogP contribution in [0.5, 0.6) is 0 Å². The third-order valence-electron chi connectivity index (χ3n) is 8.41. The first-order valence-electron chi connectivity index (χ1n) is 14.2. The van der Waals surface area contributed by atoms with E-state index in [0.717, 1.165) is 35.7 Å². The maximum absolute atomic E-state index is 12.1. The normalized spacial score (nSPS) is 23.1. The van der Waals surface area contributed by atoms with Crippen molar-refractivity contribution >= 4 is 60.6 Å². The van der Waals surface area contributed by atoms with Crippen molar-refractivity contribution in [3.63, 3.8) is 0 Å². The second-order valence-electron chi connectivity index (χ2n) is 10.9.